The van der Waals surface area contributed by atoms with Crippen LogP contribution in [0.2, 0.25) is 0 Å². The van der Waals surface area contributed by atoms with Crippen molar-refractivity contribution in [2.24, 2.45) is 7.05 Å². The smallest absolute Gasteiger partial charge is 0.268 e. The number of halogens is 2. The van der Waals surface area contributed by atoms with Gasteiger partial charge in [-0.25, -0.2) is 8.78 Å². The summed E-state index contributed by atoms with van der Waals surface area (Å²) in [6, 6.07) is 3.76. The van der Waals surface area contributed by atoms with Crippen LogP contribution < -0.4 is 5.32 Å². The standard InChI is InChI=1S/C17H18F2N2O3/c1-9(16(23)11-4-5-13(18)14(19)6-11)20-17(24)15-7-12(10(2)22)8-21(15)3/h4-9,16,23H,1-3H3,(H,20,24). The Balaban J connectivity index is 2.13. The Labute approximate surface area is 137 Å². The number of carbonyl (C=O) groups excluding carboxylic acids is 2. The molecule has 2 atom stereocenters. The van der Waals surface area contributed by atoms with Crippen LogP contribution >= 0.6 is 0 Å². The third kappa shape index (κ3) is 3.68. The van der Waals surface area contributed by atoms with E-state index < -0.39 is 29.7 Å². The summed E-state index contributed by atoms with van der Waals surface area (Å²) in [6.45, 7) is 2.94. The van der Waals surface area contributed by atoms with Gasteiger partial charge in [-0.05, 0) is 37.6 Å². The van der Waals surface area contributed by atoms with Gasteiger partial charge in [-0.2, -0.15) is 0 Å². The highest BCUT2D eigenvalue weighted by Gasteiger charge is 2.22. The molecule has 0 spiro atoms. The summed E-state index contributed by atoms with van der Waals surface area (Å²) in [4.78, 5) is 23.6. The molecule has 24 heavy (non-hydrogen) atoms. The first-order valence-electron chi connectivity index (χ1n) is 7.32. The third-order valence-corrected chi connectivity index (χ3v) is 3.76. The number of Topliss-reactive ketones (excluding diaryl/α,β-unsaturated/α-hetero) is 1. The molecule has 1 aromatic heterocycles. The fourth-order valence-electron chi connectivity index (χ4n) is 2.33. The van der Waals surface area contributed by atoms with Crippen LogP contribution in [0.25, 0.3) is 0 Å². The second-order valence-electron chi connectivity index (χ2n) is 5.66. The Bertz CT molecular complexity index is 786. The van der Waals surface area contributed by atoms with E-state index in [1.165, 1.54) is 29.8 Å². The van der Waals surface area contributed by atoms with Crippen LogP contribution in [0.1, 0.15) is 46.4 Å². The number of aryl methyl sites for hydroxylation is 1. The molecule has 0 aliphatic carbocycles. The number of carbonyl (C=O) groups is 2. The molecule has 7 heteroatoms. The largest absolute Gasteiger partial charge is 0.386 e. The van der Waals surface area contributed by atoms with E-state index in [9.17, 15) is 23.5 Å². The maximum Gasteiger partial charge on any atom is 0.268 e. The van der Waals surface area contributed by atoms with Crippen LogP contribution in [0.5, 0.6) is 0 Å². The Hall–Kier alpha value is -2.54. The topological polar surface area (TPSA) is 71.3 Å². The molecule has 1 heterocycles. The van der Waals surface area contributed by atoms with Crippen molar-refractivity contribution in [3.63, 3.8) is 0 Å². The molecule has 0 saturated carbocycles. The zero-order valence-corrected chi connectivity index (χ0v) is 13.5. The summed E-state index contributed by atoms with van der Waals surface area (Å²) in [6.07, 6.45) is 0.324. The van der Waals surface area contributed by atoms with Gasteiger partial charge in [-0.1, -0.05) is 6.07 Å². The molecule has 1 aromatic carbocycles. The molecular formula is C17H18F2N2O3. The Morgan fingerprint density at radius 3 is 2.42 bits per heavy atom. The number of benzene rings is 1. The molecule has 5 nitrogen and oxygen atoms in total. The molecule has 0 aliphatic heterocycles. The van der Waals surface area contributed by atoms with E-state index in [0.29, 0.717) is 5.56 Å². The molecule has 2 unspecified atom stereocenters. The normalized spacial score (nSPS) is 13.4. The SMILES string of the molecule is CC(=O)c1cc(C(=O)NC(C)C(O)c2ccc(F)c(F)c2)n(C)c1. The molecule has 0 fully saturated rings. The maximum absolute atomic E-state index is 13.3. The van der Waals surface area contributed by atoms with E-state index in [1.54, 1.807) is 14.0 Å². The van der Waals surface area contributed by atoms with Gasteiger partial charge in [-0.15, -0.1) is 0 Å². The van der Waals surface area contributed by atoms with E-state index in [4.69, 9.17) is 0 Å². The fraction of sp³-hybridized carbons (Fsp3) is 0.294. The second kappa shape index (κ2) is 6.92. The number of aliphatic hydroxyl groups is 1. The monoisotopic (exact) mass is 336 g/mol. The van der Waals surface area contributed by atoms with Gasteiger partial charge >= 0.3 is 0 Å². The molecule has 0 radical (unpaired) electrons. The Morgan fingerprint density at radius 2 is 1.88 bits per heavy atom. The summed E-state index contributed by atoms with van der Waals surface area (Å²) < 4.78 is 27.7. The predicted molar refractivity (Wildman–Crippen MR) is 83.7 cm³/mol. The summed E-state index contributed by atoms with van der Waals surface area (Å²) in [5.41, 5.74) is 0.805. The lowest BCUT2D eigenvalue weighted by atomic mass is 10.0. The molecule has 128 valence electrons. The minimum Gasteiger partial charge on any atom is -0.386 e. The number of hydrogen-bond acceptors (Lipinski definition) is 3. The highest BCUT2D eigenvalue weighted by Crippen LogP contribution is 2.20. The lowest BCUT2D eigenvalue weighted by Crippen LogP contribution is -2.37. The van der Waals surface area contributed by atoms with Crippen molar-refractivity contribution in [1.29, 1.82) is 0 Å². The quantitative estimate of drug-likeness (QED) is 0.824. The number of nitrogens with zero attached hydrogens (tertiary/aromatic N) is 1. The van der Waals surface area contributed by atoms with E-state index in [1.807, 2.05) is 0 Å². The van der Waals surface area contributed by atoms with Crippen molar-refractivity contribution in [2.75, 3.05) is 0 Å². The minimum atomic E-state index is -1.21. The first-order valence-corrected chi connectivity index (χ1v) is 7.32. The Morgan fingerprint density at radius 1 is 1.21 bits per heavy atom. The molecule has 0 bridgehead atoms. The van der Waals surface area contributed by atoms with Gasteiger partial charge < -0.3 is 15.0 Å². The van der Waals surface area contributed by atoms with Crippen LogP contribution in [-0.4, -0.2) is 27.4 Å². The van der Waals surface area contributed by atoms with Crippen molar-refractivity contribution in [3.8, 4) is 0 Å². The number of aromatic nitrogens is 1. The molecule has 2 rings (SSSR count). The molecule has 2 aromatic rings. The number of ketones is 1. The first kappa shape index (κ1) is 17.8. The highest BCUT2D eigenvalue weighted by atomic mass is 19.2. The lowest BCUT2D eigenvalue weighted by molar-refractivity contribution is 0.0843. The molecular weight excluding hydrogens is 318 g/mol. The van der Waals surface area contributed by atoms with Gasteiger partial charge in [0.25, 0.3) is 5.91 Å². The predicted octanol–water partition coefficient (Wildman–Crippen LogP) is 2.36. The van der Waals surface area contributed by atoms with E-state index in [-0.39, 0.29) is 17.0 Å². The summed E-state index contributed by atoms with van der Waals surface area (Å²) in [5.74, 6) is -2.74. The van der Waals surface area contributed by atoms with E-state index in [2.05, 4.69) is 5.32 Å². The second-order valence-corrected chi connectivity index (χ2v) is 5.66. The van der Waals surface area contributed by atoms with Gasteiger partial charge in [0.05, 0.1) is 12.1 Å². The van der Waals surface area contributed by atoms with Crippen molar-refractivity contribution in [1.82, 2.24) is 9.88 Å². The number of nitrogens with one attached hydrogen (secondary N) is 1. The zero-order valence-electron chi connectivity index (χ0n) is 13.5. The average Bonchev–Trinajstić information content (AvgIpc) is 2.91. The fourth-order valence-corrected chi connectivity index (χ4v) is 2.33. The van der Waals surface area contributed by atoms with Crippen LogP contribution in [0, 0.1) is 11.6 Å². The van der Waals surface area contributed by atoms with Crippen LogP contribution in [0.3, 0.4) is 0 Å². The number of aliphatic hydroxyl groups excluding tert-OH is 1. The summed E-state index contributed by atoms with van der Waals surface area (Å²) in [7, 11) is 1.62. The van der Waals surface area contributed by atoms with Crippen molar-refractivity contribution < 1.29 is 23.5 Å². The number of hydrogen-bond donors (Lipinski definition) is 2. The minimum absolute atomic E-state index is 0.151. The summed E-state index contributed by atoms with van der Waals surface area (Å²) >= 11 is 0. The first-order chi connectivity index (χ1) is 11.2. The van der Waals surface area contributed by atoms with Crippen molar-refractivity contribution >= 4 is 11.7 Å². The van der Waals surface area contributed by atoms with Gasteiger partial charge in [0, 0.05) is 18.8 Å². The molecule has 1 amide bonds. The molecule has 2 N–H and O–H groups in total. The molecule has 0 saturated heterocycles. The number of amides is 1. The van der Waals surface area contributed by atoms with Crippen LogP contribution in [0.15, 0.2) is 30.5 Å². The zero-order chi connectivity index (χ0) is 18.0. The van der Waals surface area contributed by atoms with Crippen molar-refractivity contribution in [3.05, 3.63) is 58.9 Å². The highest BCUT2D eigenvalue weighted by molar-refractivity contribution is 5.99. The van der Waals surface area contributed by atoms with E-state index >= 15 is 0 Å². The van der Waals surface area contributed by atoms with Crippen molar-refractivity contribution in [2.45, 2.75) is 26.0 Å². The van der Waals surface area contributed by atoms with Gasteiger partial charge in [-0.3, -0.25) is 9.59 Å². The maximum atomic E-state index is 13.3. The van der Waals surface area contributed by atoms with Gasteiger partial charge in [0.1, 0.15) is 5.69 Å². The summed E-state index contributed by atoms with van der Waals surface area (Å²) in [5, 5.41) is 12.8. The average molecular weight is 336 g/mol. The van der Waals surface area contributed by atoms with E-state index in [0.717, 1.165) is 12.1 Å². The molecule has 0 aliphatic rings. The van der Waals surface area contributed by atoms with Crippen LogP contribution in [-0.2, 0) is 7.05 Å². The lowest BCUT2D eigenvalue weighted by Gasteiger charge is -2.21. The third-order valence-electron chi connectivity index (χ3n) is 3.76. The number of rotatable bonds is 5. The Kier molecular flexibility index (Phi) is 5.14. The van der Waals surface area contributed by atoms with Crippen LogP contribution in [0.4, 0.5) is 8.78 Å². The van der Waals surface area contributed by atoms with Gasteiger partial charge in [0.2, 0.25) is 0 Å². The van der Waals surface area contributed by atoms with Gasteiger partial charge in [0.15, 0.2) is 17.4 Å².